The quantitative estimate of drug-likeness (QED) is 0.576. The minimum Gasteiger partial charge on any atom is -0.322 e. The molecular weight excluding hydrogens is 402 g/mol. The number of nitrogens with zero attached hydrogens (tertiary/aromatic N) is 1. The molecule has 2 heterocycles. The first-order valence-electron chi connectivity index (χ1n) is 11.0. The van der Waals surface area contributed by atoms with Gasteiger partial charge in [0, 0.05) is 23.2 Å². The van der Waals surface area contributed by atoms with Crippen LogP contribution >= 0.6 is 0 Å². The summed E-state index contributed by atoms with van der Waals surface area (Å²) >= 11 is 0. The van der Waals surface area contributed by atoms with Crippen LogP contribution < -0.4 is 10.6 Å². The van der Waals surface area contributed by atoms with Gasteiger partial charge in [-0.2, -0.15) is 0 Å². The standard InChI is InChI=1S/C26H27N3O3/c1-4-26(14-13-23(30)29-25(26)32)17-9-11-18(12-10-17)27-24(31)20-15-22(16(2)3)28-21-8-6-5-7-19(20)21/h5-12,15-16H,4,13-14H2,1-3H3,(H,27,31)(H,29,30,32). The predicted molar refractivity (Wildman–Crippen MR) is 125 cm³/mol. The first-order chi connectivity index (χ1) is 15.3. The molecule has 164 valence electrons. The number of carbonyl (C=O) groups excluding carboxylic acids is 3. The van der Waals surface area contributed by atoms with E-state index in [0.717, 1.165) is 22.2 Å². The summed E-state index contributed by atoms with van der Waals surface area (Å²) in [5.74, 6) is -0.487. The molecule has 4 rings (SSSR count). The zero-order valence-corrected chi connectivity index (χ0v) is 18.6. The molecule has 6 heteroatoms. The van der Waals surface area contributed by atoms with E-state index in [2.05, 4.69) is 29.5 Å². The van der Waals surface area contributed by atoms with Crippen LogP contribution in [-0.4, -0.2) is 22.7 Å². The first-order valence-corrected chi connectivity index (χ1v) is 11.0. The molecule has 0 spiro atoms. The number of carbonyl (C=O) groups is 3. The molecule has 1 aromatic heterocycles. The number of rotatable bonds is 5. The SMILES string of the molecule is CCC1(c2ccc(NC(=O)c3cc(C(C)C)nc4ccccc34)cc2)CCC(=O)NC1=O. The summed E-state index contributed by atoms with van der Waals surface area (Å²) in [5, 5.41) is 6.24. The van der Waals surface area contributed by atoms with E-state index < -0.39 is 5.41 Å². The van der Waals surface area contributed by atoms with Crippen molar-refractivity contribution in [1.29, 1.82) is 0 Å². The smallest absolute Gasteiger partial charge is 0.256 e. The van der Waals surface area contributed by atoms with E-state index in [0.29, 0.717) is 30.5 Å². The van der Waals surface area contributed by atoms with Crippen LogP contribution in [0.25, 0.3) is 10.9 Å². The summed E-state index contributed by atoms with van der Waals surface area (Å²) in [4.78, 5) is 42.0. The molecule has 3 amide bonds. The van der Waals surface area contributed by atoms with E-state index in [-0.39, 0.29) is 23.6 Å². The van der Waals surface area contributed by atoms with Gasteiger partial charge in [0.15, 0.2) is 0 Å². The Hall–Kier alpha value is -3.54. The topological polar surface area (TPSA) is 88.2 Å². The van der Waals surface area contributed by atoms with Gasteiger partial charge in [-0.25, -0.2) is 0 Å². The van der Waals surface area contributed by atoms with Crippen molar-refractivity contribution in [1.82, 2.24) is 10.3 Å². The maximum Gasteiger partial charge on any atom is 0.256 e. The maximum absolute atomic E-state index is 13.2. The number of piperidine rings is 1. The lowest BCUT2D eigenvalue weighted by molar-refractivity contribution is -0.138. The highest BCUT2D eigenvalue weighted by Gasteiger charge is 2.42. The summed E-state index contributed by atoms with van der Waals surface area (Å²) in [6, 6.07) is 16.8. The molecule has 1 atom stereocenters. The number of anilines is 1. The van der Waals surface area contributed by atoms with Gasteiger partial charge < -0.3 is 5.32 Å². The fraction of sp³-hybridized carbons (Fsp3) is 0.308. The zero-order valence-electron chi connectivity index (χ0n) is 18.6. The summed E-state index contributed by atoms with van der Waals surface area (Å²) in [6.45, 7) is 6.05. The van der Waals surface area contributed by atoms with Crippen molar-refractivity contribution in [2.24, 2.45) is 0 Å². The van der Waals surface area contributed by atoms with Crippen molar-refractivity contribution >= 4 is 34.3 Å². The zero-order chi connectivity index (χ0) is 22.9. The van der Waals surface area contributed by atoms with E-state index >= 15 is 0 Å². The number of amides is 3. The second kappa shape index (κ2) is 8.54. The van der Waals surface area contributed by atoms with Crippen molar-refractivity contribution < 1.29 is 14.4 Å². The van der Waals surface area contributed by atoms with Crippen molar-refractivity contribution in [3.63, 3.8) is 0 Å². The average molecular weight is 430 g/mol. The summed E-state index contributed by atoms with van der Waals surface area (Å²) in [7, 11) is 0. The molecule has 2 aromatic carbocycles. The Labute approximate surface area is 187 Å². The molecule has 1 unspecified atom stereocenters. The number of para-hydroxylation sites is 1. The van der Waals surface area contributed by atoms with Crippen molar-refractivity contribution in [3.05, 3.63) is 71.4 Å². The minimum atomic E-state index is -0.718. The van der Waals surface area contributed by atoms with Gasteiger partial charge in [-0.15, -0.1) is 0 Å². The highest BCUT2D eigenvalue weighted by atomic mass is 16.2. The highest BCUT2D eigenvalue weighted by molar-refractivity contribution is 6.12. The highest BCUT2D eigenvalue weighted by Crippen LogP contribution is 2.36. The molecule has 0 bridgehead atoms. The van der Waals surface area contributed by atoms with Crippen LogP contribution in [0, 0.1) is 0 Å². The largest absolute Gasteiger partial charge is 0.322 e. The van der Waals surface area contributed by atoms with Crippen molar-refractivity contribution in [3.8, 4) is 0 Å². The average Bonchev–Trinajstić information content (AvgIpc) is 2.79. The number of imide groups is 1. The molecule has 1 aliphatic heterocycles. The Kier molecular flexibility index (Phi) is 5.78. The van der Waals surface area contributed by atoms with E-state index in [1.165, 1.54) is 0 Å². The van der Waals surface area contributed by atoms with E-state index in [4.69, 9.17) is 0 Å². The van der Waals surface area contributed by atoms with Crippen LogP contribution in [0.15, 0.2) is 54.6 Å². The molecule has 1 fully saturated rings. The van der Waals surface area contributed by atoms with Gasteiger partial charge in [0.05, 0.1) is 16.5 Å². The Morgan fingerprint density at radius 2 is 1.84 bits per heavy atom. The molecule has 0 aliphatic carbocycles. The second-order valence-electron chi connectivity index (χ2n) is 8.61. The molecule has 1 aliphatic rings. The third-order valence-electron chi connectivity index (χ3n) is 6.34. The molecule has 0 saturated carbocycles. The number of aromatic nitrogens is 1. The summed E-state index contributed by atoms with van der Waals surface area (Å²) < 4.78 is 0. The van der Waals surface area contributed by atoms with Crippen LogP contribution in [0.3, 0.4) is 0 Å². The lowest BCUT2D eigenvalue weighted by atomic mass is 9.72. The van der Waals surface area contributed by atoms with Gasteiger partial charge in [-0.1, -0.05) is 51.1 Å². The monoisotopic (exact) mass is 429 g/mol. The van der Waals surface area contributed by atoms with Crippen molar-refractivity contribution in [2.75, 3.05) is 5.32 Å². The number of fused-ring (bicyclic) bond motifs is 1. The van der Waals surface area contributed by atoms with Gasteiger partial charge in [-0.05, 0) is 48.6 Å². The lowest BCUT2D eigenvalue weighted by Crippen LogP contribution is -2.51. The molecule has 32 heavy (non-hydrogen) atoms. The fourth-order valence-electron chi connectivity index (χ4n) is 4.32. The normalized spacial score (nSPS) is 18.6. The third kappa shape index (κ3) is 3.88. The number of benzene rings is 2. The molecular formula is C26H27N3O3. The van der Waals surface area contributed by atoms with Crippen LogP contribution in [0.1, 0.15) is 67.6 Å². The van der Waals surface area contributed by atoms with Gasteiger partial charge in [0.2, 0.25) is 11.8 Å². The van der Waals surface area contributed by atoms with E-state index in [9.17, 15) is 14.4 Å². The van der Waals surface area contributed by atoms with Crippen molar-refractivity contribution in [2.45, 2.75) is 51.4 Å². The minimum absolute atomic E-state index is 0.198. The van der Waals surface area contributed by atoms with Gasteiger partial charge >= 0.3 is 0 Å². The number of pyridine rings is 1. The van der Waals surface area contributed by atoms with Gasteiger partial charge in [-0.3, -0.25) is 24.7 Å². The van der Waals surface area contributed by atoms with Crippen LogP contribution in [0.5, 0.6) is 0 Å². The summed E-state index contributed by atoms with van der Waals surface area (Å²) in [5.41, 5.74) is 3.01. The van der Waals surface area contributed by atoms with Crippen LogP contribution in [0.4, 0.5) is 5.69 Å². The van der Waals surface area contributed by atoms with Crippen LogP contribution in [0.2, 0.25) is 0 Å². The molecule has 0 radical (unpaired) electrons. The van der Waals surface area contributed by atoms with E-state index in [1.54, 1.807) is 12.1 Å². The Bertz CT molecular complexity index is 1200. The second-order valence-corrected chi connectivity index (χ2v) is 8.61. The Morgan fingerprint density at radius 3 is 2.50 bits per heavy atom. The maximum atomic E-state index is 13.2. The summed E-state index contributed by atoms with van der Waals surface area (Å²) in [6.07, 6.45) is 1.41. The van der Waals surface area contributed by atoms with Gasteiger partial charge in [0.25, 0.3) is 5.91 Å². The first kappa shape index (κ1) is 21.7. The predicted octanol–water partition coefficient (Wildman–Crippen LogP) is 4.69. The molecule has 2 N–H and O–H groups in total. The molecule has 1 saturated heterocycles. The molecule has 3 aromatic rings. The lowest BCUT2D eigenvalue weighted by Gasteiger charge is -2.35. The number of hydrogen-bond donors (Lipinski definition) is 2. The molecule has 6 nitrogen and oxygen atoms in total. The fourth-order valence-corrected chi connectivity index (χ4v) is 4.32. The number of hydrogen-bond acceptors (Lipinski definition) is 4. The van der Waals surface area contributed by atoms with Crippen LogP contribution in [-0.2, 0) is 15.0 Å². The Balaban J connectivity index is 1.61. The number of nitrogens with one attached hydrogen (secondary N) is 2. The third-order valence-corrected chi connectivity index (χ3v) is 6.34. The Morgan fingerprint density at radius 1 is 1.12 bits per heavy atom. The van der Waals surface area contributed by atoms with Gasteiger partial charge in [0.1, 0.15) is 0 Å². The van der Waals surface area contributed by atoms with E-state index in [1.807, 2.05) is 49.4 Å².